The standard InChI is InChI=1S/C17H15BrO5/c1-2-20-15-5-11(8-19)3-4-14(15)21-9-12-6-16-17(7-13(12)18)23-10-22-16/h3-8H,2,9-10H2,1H3. The van der Waals surface area contributed by atoms with Gasteiger partial charge >= 0.3 is 0 Å². The maximum absolute atomic E-state index is 10.9. The molecule has 0 spiro atoms. The summed E-state index contributed by atoms with van der Waals surface area (Å²) in [4.78, 5) is 10.9. The second kappa shape index (κ2) is 6.91. The molecule has 0 atom stereocenters. The molecule has 0 amide bonds. The molecule has 0 saturated heterocycles. The number of fused-ring (bicyclic) bond motifs is 1. The van der Waals surface area contributed by atoms with Crippen molar-refractivity contribution in [3.63, 3.8) is 0 Å². The lowest BCUT2D eigenvalue weighted by Gasteiger charge is -2.13. The van der Waals surface area contributed by atoms with E-state index in [2.05, 4.69) is 15.9 Å². The first-order valence-corrected chi connectivity index (χ1v) is 7.93. The van der Waals surface area contributed by atoms with E-state index < -0.39 is 0 Å². The van der Waals surface area contributed by atoms with Crippen molar-refractivity contribution >= 4 is 22.2 Å². The van der Waals surface area contributed by atoms with Crippen LogP contribution in [0.4, 0.5) is 0 Å². The quantitative estimate of drug-likeness (QED) is 0.711. The molecule has 6 heteroatoms. The molecule has 120 valence electrons. The maximum atomic E-state index is 10.9. The number of rotatable bonds is 6. The van der Waals surface area contributed by atoms with Crippen LogP contribution in [0.25, 0.3) is 0 Å². The van der Waals surface area contributed by atoms with Crippen molar-refractivity contribution < 1.29 is 23.7 Å². The van der Waals surface area contributed by atoms with Gasteiger partial charge in [-0.2, -0.15) is 0 Å². The third-order valence-corrected chi connectivity index (χ3v) is 4.07. The number of hydrogen-bond acceptors (Lipinski definition) is 5. The van der Waals surface area contributed by atoms with Crippen LogP contribution in [-0.2, 0) is 6.61 Å². The smallest absolute Gasteiger partial charge is 0.231 e. The molecule has 1 aliphatic heterocycles. The van der Waals surface area contributed by atoms with Gasteiger partial charge in [-0.1, -0.05) is 15.9 Å². The Balaban J connectivity index is 1.79. The van der Waals surface area contributed by atoms with Crippen molar-refractivity contribution in [2.45, 2.75) is 13.5 Å². The van der Waals surface area contributed by atoms with E-state index in [-0.39, 0.29) is 6.79 Å². The highest BCUT2D eigenvalue weighted by atomic mass is 79.9. The number of carbonyl (C=O) groups is 1. The zero-order valence-electron chi connectivity index (χ0n) is 12.5. The fourth-order valence-electron chi connectivity index (χ4n) is 2.21. The van der Waals surface area contributed by atoms with Gasteiger partial charge in [0.2, 0.25) is 6.79 Å². The summed E-state index contributed by atoms with van der Waals surface area (Å²) >= 11 is 3.50. The van der Waals surface area contributed by atoms with E-state index in [0.717, 1.165) is 16.3 Å². The maximum Gasteiger partial charge on any atom is 0.231 e. The van der Waals surface area contributed by atoms with Gasteiger partial charge < -0.3 is 18.9 Å². The van der Waals surface area contributed by atoms with E-state index in [0.29, 0.717) is 41.8 Å². The van der Waals surface area contributed by atoms with Gasteiger partial charge in [0.15, 0.2) is 23.0 Å². The van der Waals surface area contributed by atoms with E-state index in [4.69, 9.17) is 18.9 Å². The molecule has 0 N–H and O–H groups in total. The topological polar surface area (TPSA) is 54.0 Å². The molecule has 23 heavy (non-hydrogen) atoms. The Morgan fingerprint density at radius 1 is 1.13 bits per heavy atom. The second-order valence-corrected chi connectivity index (χ2v) is 5.70. The summed E-state index contributed by atoms with van der Waals surface area (Å²) in [5.74, 6) is 2.55. The van der Waals surface area contributed by atoms with Gasteiger partial charge in [-0.15, -0.1) is 0 Å². The molecule has 5 nitrogen and oxygen atoms in total. The van der Waals surface area contributed by atoms with Gasteiger partial charge in [-0.3, -0.25) is 4.79 Å². The van der Waals surface area contributed by atoms with Crippen molar-refractivity contribution in [1.29, 1.82) is 0 Å². The molecule has 2 aromatic rings. The van der Waals surface area contributed by atoms with Gasteiger partial charge in [-0.05, 0) is 37.3 Å². The van der Waals surface area contributed by atoms with Gasteiger partial charge in [-0.25, -0.2) is 0 Å². The first-order valence-electron chi connectivity index (χ1n) is 7.14. The molecule has 0 aliphatic carbocycles. The van der Waals surface area contributed by atoms with E-state index in [9.17, 15) is 4.79 Å². The minimum absolute atomic E-state index is 0.230. The summed E-state index contributed by atoms with van der Waals surface area (Å²) < 4.78 is 23.0. The molecule has 0 aromatic heterocycles. The fraction of sp³-hybridized carbons (Fsp3) is 0.235. The molecular weight excluding hydrogens is 364 g/mol. The predicted molar refractivity (Wildman–Crippen MR) is 87.6 cm³/mol. The van der Waals surface area contributed by atoms with Gasteiger partial charge in [0, 0.05) is 15.6 Å². The summed E-state index contributed by atoms with van der Waals surface area (Å²) in [5.41, 5.74) is 1.47. The van der Waals surface area contributed by atoms with Gasteiger partial charge in [0.1, 0.15) is 12.9 Å². The molecule has 3 rings (SSSR count). The van der Waals surface area contributed by atoms with Crippen molar-refractivity contribution in [2.75, 3.05) is 13.4 Å². The number of carbonyl (C=O) groups excluding carboxylic acids is 1. The third kappa shape index (κ3) is 3.42. The van der Waals surface area contributed by atoms with Gasteiger partial charge in [0.25, 0.3) is 0 Å². The third-order valence-electron chi connectivity index (χ3n) is 3.33. The van der Waals surface area contributed by atoms with Crippen molar-refractivity contribution in [3.8, 4) is 23.0 Å². The van der Waals surface area contributed by atoms with Crippen molar-refractivity contribution in [3.05, 3.63) is 45.9 Å². The zero-order chi connectivity index (χ0) is 16.2. The van der Waals surface area contributed by atoms with Gasteiger partial charge in [0.05, 0.1) is 6.61 Å². The lowest BCUT2D eigenvalue weighted by Crippen LogP contribution is -2.01. The Morgan fingerprint density at radius 3 is 2.65 bits per heavy atom. The molecule has 2 aromatic carbocycles. The number of halogens is 1. The van der Waals surface area contributed by atoms with E-state index >= 15 is 0 Å². The lowest BCUT2D eigenvalue weighted by atomic mass is 10.2. The van der Waals surface area contributed by atoms with Crippen LogP contribution in [0.2, 0.25) is 0 Å². The zero-order valence-corrected chi connectivity index (χ0v) is 14.1. The Bertz CT molecular complexity index is 729. The Labute approximate surface area is 142 Å². The highest BCUT2D eigenvalue weighted by Crippen LogP contribution is 2.37. The lowest BCUT2D eigenvalue weighted by molar-refractivity contribution is 0.112. The molecule has 0 radical (unpaired) electrons. The minimum Gasteiger partial charge on any atom is -0.490 e. The van der Waals surface area contributed by atoms with E-state index in [1.807, 2.05) is 19.1 Å². The van der Waals surface area contributed by atoms with Crippen LogP contribution in [0.5, 0.6) is 23.0 Å². The number of hydrogen-bond donors (Lipinski definition) is 0. The molecule has 1 aliphatic rings. The van der Waals surface area contributed by atoms with Crippen molar-refractivity contribution in [1.82, 2.24) is 0 Å². The summed E-state index contributed by atoms with van der Waals surface area (Å²) in [6.07, 6.45) is 0.778. The van der Waals surface area contributed by atoms with Crippen LogP contribution in [0.3, 0.4) is 0 Å². The van der Waals surface area contributed by atoms with Crippen LogP contribution >= 0.6 is 15.9 Å². The normalized spacial score (nSPS) is 12.1. The Morgan fingerprint density at radius 2 is 1.91 bits per heavy atom. The van der Waals surface area contributed by atoms with Crippen LogP contribution < -0.4 is 18.9 Å². The van der Waals surface area contributed by atoms with Crippen LogP contribution in [-0.4, -0.2) is 19.7 Å². The molecule has 0 saturated carbocycles. The Hall–Kier alpha value is -2.21. The predicted octanol–water partition coefficient (Wildman–Crippen LogP) is 3.97. The number of benzene rings is 2. The van der Waals surface area contributed by atoms with Crippen LogP contribution in [0.15, 0.2) is 34.8 Å². The van der Waals surface area contributed by atoms with Crippen molar-refractivity contribution in [2.24, 2.45) is 0 Å². The highest BCUT2D eigenvalue weighted by Gasteiger charge is 2.17. The number of ether oxygens (including phenoxy) is 4. The molecule has 1 heterocycles. The van der Waals surface area contributed by atoms with Crippen LogP contribution in [0, 0.1) is 0 Å². The summed E-state index contributed by atoms with van der Waals surface area (Å²) in [6, 6.07) is 8.84. The molecular formula is C17H15BrO5. The summed E-state index contributed by atoms with van der Waals surface area (Å²) in [5, 5.41) is 0. The van der Waals surface area contributed by atoms with E-state index in [1.54, 1.807) is 18.2 Å². The van der Waals surface area contributed by atoms with Crippen LogP contribution in [0.1, 0.15) is 22.8 Å². The largest absolute Gasteiger partial charge is 0.490 e. The molecule has 0 fully saturated rings. The minimum atomic E-state index is 0.230. The SMILES string of the molecule is CCOc1cc(C=O)ccc1OCc1cc2c(cc1Br)OCO2. The summed E-state index contributed by atoms with van der Waals surface area (Å²) in [6.45, 7) is 2.93. The number of aldehydes is 1. The Kier molecular flexibility index (Phi) is 4.71. The van der Waals surface area contributed by atoms with E-state index in [1.165, 1.54) is 0 Å². The highest BCUT2D eigenvalue weighted by molar-refractivity contribution is 9.10. The fourth-order valence-corrected chi connectivity index (χ4v) is 2.65. The molecule has 0 unspecified atom stereocenters. The monoisotopic (exact) mass is 378 g/mol. The average Bonchev–Trinajstić information content (AvgIpc) is 3.00. The molecule has 0 bridgehead atoms. The average molecular weight is 379 g/mol. The first kappa shape index (κ1) is 15.7. The second-order valence-electron chi connectivity index (χ2n) is 4.84. The summed E-state index contributed by atoms with van der Waals surface area (Å²) in [7, 11) is 0. The first-order chi connectivity index (χ1) is 11.2.